The number of sulfone groups is 1. The Morgan fingerprint density at radius 1 is 1.15 bits per heavy atom. The van der Waals surface area contributed by atoms with Gasteiger partial charge in [-0.25, -0.2) is 36.5 Å². The molecule has 2 N–H and O–H groups in total. The molecule has 5 rings (SSSR count). The summed E-state index contributed by atoms with van der Waals surface area (Å²) >= 11 is 0. The van der Waals surface area contributed by atoms with Crippen LogP contribution in [0.1, 0.15) is 11.1 Å². The molecule has 0 unspecified atom stereocenters. The summed E-state index contributed by atoms with van der Waals surface area (Å²) in [7, 11) is -4.13. The number of halogens is 5. The van der Waals surface area contributed by atoms with Gasteiger partial charge in [0.1, 0.15) is 17.3 Å². The molecule has 0 aliphatic carbocycles. The van der Waals surface area contributed by atoms with Crippen molar-refractivity contribution in [1.82, 2.24) is 24.4 Å². The van der Waals surface area contributed by atoms with Crippen molar-refractivity contribution in [3.8, 4) is 16.9 Å². The van der Waals surface area contributed by atoms with E-state index in [9.17, 15) is 31.2 Å². The zero-order chi connectivity index (χ0) is 33.7. The second-order valence-electron chi connectivity index (χ2n) is 10.5. The number of pyridine rings is 2. The molecule has 4 aromatic rings. The molecule has 0 bridgehead atoms. The number of aryl methyl sites for hydroxylation is 1. The molecule has 1 amide bonds. The molecule has 1 fully saturated rings. The normalized spacial score (nSPS) is 15.8. The molecule has 1 aromatic carbocycles. The highest BCUT2D eigenvalue weighted by Crippen LogP contribution is 2.40. The van der Waals surface area contributed by atoms with Crippen molar-refractivity contribution in [3.63, 3.8) is 0 Å². The number of carbonyl (C=O) groups excluding carboxylic acids is 1. The number of alkyl halides is 3. The highest BCUT2D eigenvalue weighted by Gasteiger charge is 2.37. The highest BCUT2D eigenvalue weighted by atomic mass is 32.2. The van der Waals surface area contributed by atoms with Crippen molar-refractivity contribution in [2.24, 2.45) is 5.73 Å². The zero-order valence-corrected chi connectivity index (χ0v) is 25.2. The Kier molecular flexibility index (Phi) is 8.41. The molecule has 0 radical (unpaired) electrons. The first kappa shape index (κ1) is 32.6. The molecule has 0 saturated carbocycles. The maximum absolute atomic E-state index is 15.9. The van der Waals surface area contributed by atoms with Crippen LogP contribution in [-0.2, 0) is 20.8 Å². The van der Waals surface area contributed by atoms with Gasteiger partial charge in [0.05, 0.1) is 28.2 Å². The van der Waals surface area contributed by atoms with Gasteiger partial charge in [0.15, 0.2) is 26.3 Å². The number of rotatable bonds is 6. The van der Waals surface area contributed by atoms with E-state index in [4.69, 9.17) is 5.73 Å². The minimum Gasteiger partial charge on any atom is -0.348 e. The van der Waals surface area contributed by atoms with Gasteiger partial charge in [-0.1, -0.05) is 12.6 Å². The lowest BCUT2D eigenvalue weighted by Gasteiger charge is -2.41. The van der Waals surface area contributed by atoms with Crippen LogP contribution in [0.4, 0.5) is 27.8 Å². The second kappa shape index (κ2) is 11.9. The van der Waals surface area contributed by atoms with Crippen molar-refractivity contribution in [3.05, 3.63) is 82.4 Å². The van der Waals surface area contributed by atoms with Gasteiger partial charge in [0.25, 0.3) is 0 Å². The molecule has 3 aromatic heterocycles. The van der Waals surface area contributed by atoms with E-state index in [1.165, 1.54) is 29.0 Å². The summed E-state index contributed by atoms with van der Waals surface area (Å²) in [5.74, 6) is -3.38. The fraction of sp³-hybridized carbons (Fsp3) is 0.276. The molecule has 17 heteroatoms. The van der Waals surface area contributed by atoms with Crippen LogP contribution in [0.3, 0.4) is 0 Å². The minimum absolute atomic E-state index is 0.0441. The van der Waals surface area contributed by atoms with Crippen LogP contribution in [0.25, 0.3) is 28.0 Å². The molecule has 1 aliphatic rings. The van der Waals surface area contributed by atoms with Gasteiger partial charge >= 0.3 is 11.9 Å². The van der Waals surface area contributed by atoms with E-state index < -0.39 is 66.9 Å². The maximum atomic E-state index is 15.9. The van der Waals surface area contributed by atoms with E-state index in [-0.39, 0.29) is 54.5 Å². The Bertz CT molecular complexity index is 2070. The third-order valence-corrected chi connectivity index (χ3v) is 8.54. The Labute approximate surface area is 258 Å². The first-order valence-electron chi connectivity index (χ1n) is 13.6. The van der Waals surface area contributed by atoms with E-state index in [1.807, 2.05) is 0 Å². The molecule has 242 valence electrons. The lowest BCUT2D eigenvalue weighted by atomic mass is 10.0. The number of hydrogen-bond acceptors (Lipinski definition) is 9. The standard InChI is InChI=1S/C29H26F5N7O4S/c1-4-21(42)39-10-11-40(16(13-35)14-39)25-17-12-20(31)23(22-18(29(32,33)34)6-5-7-19(22)30)37-26(17)41(28(43)38-25)24-15(2)8-9-36-27(24)46(3,44)45/h4-9,12,16H,1,10-11,13-14,35H2,2-3H3/t16-/m0/s1. The van der Waals surface area contributed by atoms with Crippen LogP contribution in [0, 0.1) is 18.6 Å². The largest absolute Gasteiger partial charge is 0.417 e. The van der Waals surface area contributed by atoms with Crippen molar-refractivity contribution in [2.45, 2.75) is 24.2 Å². The number of nitrogens with zero attached hydrogens (tertiary/aromatic N) is 6. The first-order valence-corrected chi connectivity index (χ1v) is 15.5. The van der Waals surface area contributed by atoms with Gasteiger partial charge in [-0.3, -0.25) is 4.79 Å². The van der Waals surface area contributed by atoms with E-state index in [0.717, 1.165) is 24.5 Å². The third kappa shape index (κ3) is 5.71. The Balaban J connectivity index is 1.90. The molecule has 1 aliphatic heterocycles. The predicted octanol–water partition coefficient (Wildman–Crippen LogP) is 3.01. The number of carbonyl (C=O) groups is 1. The van der Waals surface area contributed by atoms with Crippen LogP contribution in [0.5, 0.6) is 0 Å². The first-order chi connectivity index (χ1) is 21.6. The van der Waals surface area contributed by atoms with Gasteiger partial charge in [0, 0.05) is 38.6 Å². The third-order valence-electron chi connectivity index (χ3n) is 7.54. The summed E-state index contributed by atoms with van der Waals surface area (Å²) < 4.78 is 99.3. The number of fused-ring (bicyclic) bond motifs is 1. The molecule has 1 saturated heterocycles. The van der Waals surface area contributed by atoms with Crippen LogP contribution in [-0.4, -0.2) is 77.2 Å². The number of piperazine rings is 1. The van der Waals surface area contributed by atoms with Crippen molar-refractivity contribution < 1.29 is 35.2 Å². The lowest BCUT2D eigenvalue weighted by Crippen LogP contribution is -2.57. The van der Waals surface area contributed by atoms with E-state index in [0.29, 0.717) is 16.7 Å². The molecule has 1 atom stereocenters. The van der Waals surface area contributed by atoms with Gasteiger partial charge in [-0.15, -0.1) is 0 Å². The zero-order valence-electron chi connectivity index (χ0n) is 24.3. The fourth-order valence-electron chi connectivity index (χ4n) is 5.44. The molecule has 0 spiro atoms. The van der Waals surface area contributed by atoms with Gasteiger partial charge in [0.2, 0.25) is 5.91 Å². The van der Waals surface area contributed by atoms with Crippen LogP contribution >= 0.6 is 0 Å². The average Bonchev–Trinajstić information content (AvgIpc) is 2.99. The maximum Gasteiger partial charge on any atom is 0.417 e. The van der Waals surface area contributed by atoms with Gasteiger partial charge in [-0.2, -0.15) is 18.2 Å². The van der Waals surface area contributed by atoms with Crippen molar-refractivity contribution in [1.29, 1.82) is 0 Å². The number of amides is 1. The SMILES string of the molecule is C=CC(=O)N1CCN(c2nc(=O)n(-c3c(C)ccnc3S(C)(=O)=O)c3nc(-c4c(F)cccc4C(F)(F)F)c(F)cc23)[C@@H](CN)C1. The fourth-order valence-corrected chi connectivity index (χ4v) is 6.29. The lowest BCUT2D eigenvalue weighted by molar-refractivity contribution is -0.137. The van der Waals surface area contributed by atoms with E-state index in [1.54, 1.807) is 0 Å². The Morgan fingerprint density at radius 3 is 2.50 bits per heavy atom. The molecule has 4 heterocycles. The quantitative estimate of drug-likeness (QED) is 0.243. The molecule has 46 heavy (non-hydrogen) atoms. The summed E-state index contributed by atoms with van der Waals surface area (Å²) in [5, 5.41) is -0.813. The Morgan fingerprint density at radius 2 is 1.87 bits per heavy atom. The van der Waals surface area contributed by atoms with Gasteiger partial charge in [-0.05, 0) is 42.8 Å². The number of hydrogen-bond donors (Lipinski definition) is 1. The summed E-state index contributed by atoms with van der Waals surface area (Å²) in [4.78, 5) is 41.3. The number of aromatic nitrogens is 4. The van der Waals surface area contributed by atoms with Crippen LogP contribution < -0.4 is 16.3 Å². The van der Waals surface area contributed by atoms with Crippen LogP contribution in [0.2, 0.25) is 0 Å². The van der Waals surface area contributed by atoms with Crippen molar-refractivity contribution in [2.75, 3.05) is 37.3 Å². The average molecular weight is 664 g/mol. The van der Waals surface area contributed by atoms with Gasteiger partial charge < -0.3 is 15.5 Å². The molecular formula is C29H26F5N7O4S. The van der Waals surface area contributed by atoms with E-state index >= 15 is 8.78 Å². The number of benzene rings is 1. The summed E-state index contributed by atoms with van der Waals surface area (Å²) in [6, 6.07) is 3.52. The van der Waals surface area contributed by atoms with Crippen molar-refractivity contribution >= 4 is 32.6 Å². The number of nitrogens with two attached hydrogens (primary N) is 1. The Hall–Kier alpha value is -4.77. The van der Waals surface area contributed by atoms with E-state index in [2.05, 4.69) is 21.5 Å². The summed E-state index contributed by atoms with van der Waals surface area (Å²) in [6.45, 7) is 5.07. The monoisotopic (exact) mass is 663 g/mol. The number of anilines is 1. The topological polar surface area (TPSA) is 144 Å². The summed E-state index contributed by atoms with van der Waals surface area (Å²) in [6.07, 6.45) is -2.00. The highest BCUT2D eigenvalue weighted by molar-refractivity contribution is 7.90. The minimum atomic E-state index is -5.12. The van der Waals surface area contributed by atoms with Crippen LogP contribution in [0.15, 0.2) is 59.0 Å². The smallest absolute Gasteiger partial charge is 0.348 e. The molecule has 11 nitrogen and oxygen atoms in total. The predicted molar refractivity (Wildman–Crippen MR) is 158 cm³/mol. The second-order valence-corrected chi connectivity index (χ2v) is 12.5. The summed E-state index contributed by atoms with van der Waals surface area (Å²) in [5.41, 5.74) is 0.367. The molecular weight excluding hydrogens is 637 g/mol.